The first-order valence-electron chi connectivity index (χ1n) is 14.6. The zero-order valence-corrected chi connectivity index (χ0v) is 24.5. The van der Waals surface area contributed by atoms with E-state index in [0.717, 1.165) is 44.2 Å². The lowest BCUT2D eigenvalue weighted by atomic mass is 9.92. The van der Waals surface area contributed by atoms with Crippen molar-refractivity contribution in [2.24, 2.45) is 5.92 Å². The van der Waals surface area contributed by atoms with E-state index in [1.54, 1.807) is 12.3 Å². The van der Waals surface area contributed by atoms with Crippen LogP contribution in [0.2, 0.25) is 0 Å². The minimum Gasteiger partial charge on any atom is -0.479 e. The van der Waals surface area contributed by atoms with E-state index in [-0.39, 0.29) is 30.6 Å². The van der Waals surface area contributed by atoms with Gasteiger partial charge in [0.15, 0.2) is 0 Å². The summed E-state index contributed by atoms with van der Waals surface area (Å²) in [6, 6.07) is 2.95. The first kappa shape index (κ1) is 33.4. The van der Waals surface area contributed by atoms with Crippen molar-refractivity contribution in [2.45, 2.75) is 95.3 Å². The molecule has 1 amide bonds. The quantitative estimate of drug-likeness (QED) is 0.253. The maximum absolute atomic E-state index is 13.5. The van der Waals surface area contributed by atoms with Gasteiger partial charge in [-0.25, -0.2) is 4.79 Å². The molecule has 1 aromatic heterocycles. The standard InChI is InChI=1S/C19H19F6NO2.C12H18N2O2/c1-17(16(27)28)8-6-15(26(17)9-7-11-2-3-11)13-10-12(18(20,21)22)4-5-14(13)19(23,24)25;1-8-9(6-7-13-8)12(16)14-10-4-2-3-5-11(10)15/h4-6,10-11H,2-3,7-9H2,1H3,(H,27,28);6-7,10-11,13,15H,2-5H2,1H3,(H,14,16)/t;10-,11-/m.1/s1. The Kier molecular flexibility index (Phi) is 9.77. The van der Waals surface area contributed by atoms with Crippen LogP contribution in [0.15, 0.2) is 36.5 Å². The van der Waals surface area contributed by atoms with Gasteiger partial charge in [0.2, 0.25) is 0 Å². The summed E-state index contributed by atoms with van der Waals surface area (Å²) in [7, 11) is 0. The summed E-state index contributed by atoms with van der Waals surface area (Å²) in [5.41, 5.74) is -3.13. The van der Waals surface area contributed by atoms with E-state index in [1.165, 1.54) is 17.9 Å². The number of aryl methyl sites for hydroxylation is 1. The predicted molar refractivity (Wildman–Crippen MR) is 150 cm³/mol. The fraction of sp³-hybridized carbons (Fsp3) is 0.548. The van der Waals surface area contributed by atoms with Crippen LogP contribution < -0.4 is 5.32 Å². The third kappa shape index (κ3) is 7.59. The number of aromatic nitrogens is 1. The second-order valence-electron chi connectivity index (χ2n) is 12.0. The van der Waals surface area contributed by atoms with Gasteiger partial charge in [0.05, 0.1) is 28.8 Å². The lowest BCUT2D eigenvalue weighted by Crippen LogP contribution is -2.48. The maximum Gasteiger partial charge on any atom is 0.417 e. The number of nitrogens with zero attached hydrogens (tertiary/aromatic N) is 1. The molecule has 44 heavy (non-hydrogen) atoms. The Morgan fingerprint density at radius 3 is 2.27 bits per heavy atom. The highest BCUT2D eigenvalue weighted by Crippen LogP contribution is 2.45. The number of halogens is 6. The number of carboxylic acids is 1. The van der Waals surface area contributed by atoms with Crippen molar-refractivity contribution in [3.05, 3.63) is 64.5 Å². The average molecular weight is 630 g/mol. The van der Waals surface area contributed by atoms with Gasteiger partial charge in [0, 0.05) is 36.1 Å². The number of carbonyl (C=O) groups is 2. The van der Waals surface area contributed by atoms with Crippen LogP contribution in [0.5, 0.6) is 0 Å². The monoisotopic (exact) mass is 629 g/mol. The smallest absolute Gasteiger partial charge is 0.417 e. The third-order valence-electron chi connectivity index (χ3n) is 8.67. The second kappa shape index (κ2) is 12.9. The van der Waals surface area contributed by atoms with Gasteiger partial charge < -0.3 is 25.4 Å². The van der Waals surface area contributed by atoms with Gasteiger partial charge in [0.1, 0.15) is 5.54 Å². The first-order valence-corrected chi connectivity index (χ1v) is 14.6. The summed E-state index contributed by atoms with van der Waals surface area (Å²) in [5, 5.41) is 22.3. The number of carboxylic acid groups (broad SMARTS) is 1. The minimum atomic E-state index is -4.87. The van der Waals surface area contributed by atoms with Crippen molar-refractivity contribution >= 4 is 17.6 Å². The summed E-state index contributed by atoms with van der Waals surface area (Å²) in [5.74, 6) is -0.941. The average Bonchev–Trinajstić information content (AvgIpc) is 3.57. The van der Waals surface area contributed by atoms with Gasteiger partial charge in [-0.2, -0.15) is 26.3 Å². The number of hydrogen-bond acceptors (Lipinski definition) is 4. The summed E-state index contributed by atoms with van der Waals surface area (Å²) in [4.78, 5) is 28.0. The van der Waals surface area contributed by atoms with Crippen molar-refractivity contribution in [3.63, 3.8) is 0 Å². The molecule has 2 aromatic rings. The van der Waals surface area contributed by atoms with Crippen molar-refractivity contribution in [2.75, 3.05) is 6.54 Å². The van der Waals surface area contributed by atoms with Crippen LogP contribution in [-0.4, -0.2) is 56.2 Å². The highest BCUT2D eigenvalue weighted by molar-refractivity contribution is 5.95. The number of benzene rings is 1. The molecule has 7 nitrogen and oxygen atoms in total. The molecule has 0 radical (unpaired) electrons. The van der Waals surface area contributed by atoms with Gasteiger partial charge in [-0.15, -0.1) is 0 Å². The normalized spacial score (nSPS) is 23.9. The molecule has 4 N–H and O–H groups in total. The van der Waals surface area contributed by atoms with Crippen molar-refractivity contribution in [1.82, 2.24) is 15.2 Å². The Labute approximate surface area is 251 Å². The number of rotatable bonds is 7. The van der Waals surface area contributed by atoms with Crippen molar-refractivity contribution < 1.29 is 46.1 Å². The molecule has 242 valence electrons. The van der Waals surface area contributed by atoms with E-state index in [2.05, 4.69) is 10.3 Å². The number of nitrogens with one attached hydrogen (secondary N) is 2. The maximum atomic E-state index is 13.5. The molecule has 2 fully saturated rings. The molecular weight excluding hydrogens is 592 g/mol. The molecule has 2 heterocycles. The van der Waals surface area contributed by atoms with Gasteiger partial charge in [0.25, 0.3) is 5.91 Å². The number of carbonyl (C=O) groups excluding carboxylic acids is 1. The molecule has 0 saturated heterocycles. The highest BCUT2D eigenvalue weighted by Gasteiger charge is 2.47. The minimum absolute atomic E-state index is 0.0874. The van der Waals surface area contributed by atoms with E-state index < -0.39 is 46.7 Å². The van der Waals surface area contributed by atoms with Crippen LogP contribution >= 0.6 is 0 Å². The predicted octanol–water partition coefficient (Wildman–Crippen LogP) is 6.77. The van der Waals surface area contributed by atoms with Crippen LogP contribution in [0.4, 0.5) is 26.3 Å². The Balaban J connectivity index is 0.000000233. The van der Waals surface area contributed by atoms with E-state index in [0.29, 0.717) is 36.1 Å². The molecular formula is C31H37F6N3O4. The van der Waals surface area contributed by atoms with Gasteiger partial charge in [-0.1, -0.05) is 31.8 Å². The molecule has 5 rings (SSSR count). The van der Waals surface area contributed by atoms with E-state index in [1.807, 2.05) is 6.92 Å². The molecule has 1 aliphatic heterocycles. The highest BCUT2D eigenvalue weighted by atomic mass is 19.4. The number of aliphatic carboxylic acids is 1. The number of H-pyrrole nitrogens is 1. The Morgan fingerprint density at radius 2 is 1.73 bits per heavy atom. The summed E-state index contributed by atoms with van der Waals surface area (Å²) in [6.07, 6.45) is -0.807. The van der Waals surface area contributed by atoms with Crippen molar-refractivity contribution in [1.29, 1.82) is 0 Å². The fourth-order valence-electron chi connectivity index (χ4n) is 5.73. The molecule has 2 aliphatic carbocycles. The molecule has 1 aromatic carbocycles. The molecule has 3 aliphatic rings. The number of hydrogen-bond donors (Lipinski definition) is 4. The Morgan fingerprint density at radius 1 is 1.05 bits per heavy atom. The van der Waals surface area contributed by atoms with Gasteiger partial charge >= 0.3 is 18.3 Å². The molecule has 0 bridgehead atoms. The van der Waals surface area contributed by atoms with E-state index >= 15 is 0 Å². The number of amides is 1. The molecule has 3 atom stereocenters. The van der Waals surface area contributed by atoms with Crippen LogP contribution in [0.1, 0.15) is 91.0 Å². The largest absolute Gasteiger partial charge is 0.479 e. The first-order chi connectivity index (χ1) is 20.5. The number of aromatic amines is 1. The van der Waals surface area contributed by atoms with Crippen LogP contribution in [-0.2, 0) is 17.1 Å². The van der Waals surface area contributed by atoms with Gasteiger partial charge in [-0.3, -0.25) is 4.79 Å². The van der Waals surface area contributed by atoms with Gasteiger partial charge in [-0.05, 0) is 63.3 Å². The van der Waals surface area contributed by atoms with Crippen LogP contribution in [0.25, 0.3) is 5.70 Å². The molecule has 0 spiro atoms. The molecule has 2 saturated carbocycles. The molecule has 1 unspecified atom stereocenters. The second-order valence-corrected chi connectivity index (χ2v) is 12.0. The summed E-state index contributed by atoms with van der Waals surface area (Å²) in [6.45, 7) is 3.42. The third-order valence-corrected chi connectivity index (χ3v) is 8.67. The fourth-order valence-corrected chi connectivity index (χ4v) is 5.73. The van der Waals surface area contributed by atoms with E-state index in [4.69, 9.17) is 0 Å². The van der Waals surface area contributed by atoms with Crippen LogP contribution in [0, 0.1) is 12.8 Å². The SMILES string of the molecule is CC1(C(=O)O)CC=C(c2cc(C(F)(F)F)ccc2C(F)(F)F)N1CCC1CC1.Cc1[nH]ccc1C(=O)N[C@@H]1CCCC[C@H]1O. The van der Waals surface area contributed by atoms with Crippen LogP contribution in [0.3, 0.4) is 0 Å². The Hall–Kier alpha value is -3.48. The summed E-state index contributed by atoms with van der Waals surface area (Å²) < 4.78 is 79.8. The van der Waals surface area contributed by atoms with Crippen molar-refractivity contribution in [3.8, 4) is 0 Å². The molecule has 13 heteroatoms. The zero-order valence-electron chi connectivity index (χ0n) is 24.5. The zero-order chi connectivity index (χ0) is 32.4. The lowest BCUT2D eigenvalue weighted by molar-refractivity contribution is -0.147. The number of aliphatic hydroxyl groups excluding tert-OH is 1. The number of aliphatic hydroxyl groups is 1. The summed E-state index contributed by atoms with van der Waals surface area (Å²) >= 11 is 0. The lowest BCUT2D eigenvalue weighted by Gasteiger charge is -2.36. The Bertz CT molecular complexity index is 1380. The topological polar surface area (TPSA) is 106 Å². The number of alkyl halides is 6. The van der Waals surface area contributed by atoms with E-state index in [9.17, 15) is 46.1 Å².